The molecule has 7 nitrogen and oxygen atoms in total. The maximum atomic E-state index is 13.6. The van der Waals surface area contributed by atoms with Crippen molar-refractivity contribution in [3.05, 3.63) is 72.6 Å². The second kappa shape index (κ2) is 13.2. The number of thiazole rings is 1. The van der Waals surface area contributed by atoms with Gasteiger partial charge in [-0.05, 0) is 55.5 Å². The van der Waals surface area contributed by atoms with E-state index in [0.29, 0.717) is 50.9 Å². The standard InChI is InChI=1S/C29H32Cl4N4O3S/c1-16(38)18-10-24(31)27(25(32)11-18)40-21-7-8-36(15-21)29-35-13-22(41-29)9-19(12-34)28(39)37(20-5-6-20)14-17-3-2-4-23(30)26(17)33/h2-4,10-11,13,16,19-21,38H,5-9,12,14-15,34H2,1H3/t16?,19-,21-/m1/s1. The molecule has 1 aliphatic carbocycles. The average molecular weight is 658 g/mol. The first-order valence-corrected chi connectivity index (χ1v) is 15.9. The topological polar surface area (TPSA) is 91.9 Å². The van der Waals surface area contributed by atoms with E-state index in [2.05, 4.69) is 9.88 Å². The Balaban J connectivity index is 1.21. The minimum absolute atomic E-state index is 0.0333. The molecule has 12 heteroatoms. The second-order valence-electron chi connectivity index (χ2n) is 10.6. The summed E-state index contributed by atoms with van der Waals surface area (Å²) in [5.41, 5.74) is 7.60. The van der Waals surface area contributed by atoms with Crippen LogP contribution in [-0.4, -0.2) is 52.7 Å². The largest absolute Gasteiger partial charge is 0.485 e. The van der Waals surface area contributed by atoms with Crippen LogP contribution in [-0.2, 0) is 17.8 Å². The van der Waals surface area contributed by atoms with Crippen LogP contribution in [0, 0.1) is 5.92 Å². The summed E-state index contributed by atoms with van der Waals surface area (Å²) in [6.07, 6.45) is 4.31. The number of amides is 1. The highest BCUT2D eigenvalue weighted by Crippen LogP contribution is 2.38. The van der Waals surface area contributed by atoms with Crippen LogP contribution < -0.4 is 15.4 Å². The number of carbonyl (C=O) groups is 1. The van der Waals surface area contributed by atoms with Crippen LogP contribution in [0.2, 0.25) is 20.1 Å². The Kier molecular flexibility index (Phi) is 9.91. The molecule has 1 unspecified atom stereocenters. The first-order chi connectivity index (χ1) is 19.6. The zero-order chi connectivity index (χ0) is 29.3. The number of carbonyl (C=O) groups excluding carboxylic acids is 1. The Bertz CT molecular complexity index is 1380. The third-order valence-corrected chi connectivity index (χ3v) is 9.97. The molecule has 2 aromatic carbocycles. The van der Waals surface area contributed by atoms with E-state index < -0.39 is 6.10 Å². The summed E-state index contributed by atoms with van der Waals surface area (Å²) < 4.78 is 6.17. The van der Waals surface area contributed by atoms with E-state index in [1.807, 2.05) is 23.2 Å². The minimum atomic E-state index is -0.674. The molecule has 3 N–H and O–H groups in total. The Morgan fingerprint density at radius 1 is 1.20 bits per heavy atom. The van der Waals surface area contributed by atoms with Crippen molar-refractivity contribution in [3.63, 3.8) is 0 Å². The zero-order valence-electron chi connectivity index (χ0n) is 22.5. The highest BCUT2D eigenvalue weighted by Gasteiger charge is 2.36. The van der Waals surface area contributed by atoms with Crippen molar-refractivity contribution in [1.29, 1.82) is 0 Å². The van der Waals surface area contributed by atoms with Gasteiger partial charge in [-0.1, -0.05) is 58.5 Å². The van der Waals surface area contributed by atoms with Gasteiger partial charge in [-0.3, -0.25) is 4.79 Å². The van der Waals surface area contributed by atoms with Gasteiger partial charge < -0.3 is 25.4 Å². The fourth-order valence-electron chi connectivity index (χ4n) is 5.01. The van der Waals surface area contributed by atoms with Crippen LogP contribution in [0.3, 0.4) is 0 Å². The van der Waals surface area contributed by atoms with E-state index in [1.165, 1.54) is 0 Å². The molecule has 0 radical (unpaired) electrons. The van der Waals surface area contributed by atoms with Crippen molar-refractivity contribution in [2.75, 3.05) is 24.5 Å². The molecule has 0 spiro atoms. The van der Waals surface area contributed by atoms with Crippen LogP contribution >= 0.6 is 57.7 Å². The van der Waals surface area contributed by atoms with Crippen LogP contribution in [0.15, 0.2) is 36.5 Å². The highest BCUT2D eigenvalue weighted by atomic mass is 35.5. The lowest BCUT2D eigenvalue weighted by atomic mass is 10.0. The molecule has 2 heterocycles. The summed E-state index contributed by atoms with van der Waals surface area (Å²) in [7, 11) is 0. The molecule has 3 aromatic rings. The Labute approximate surface area is 264 Å². The van der Waals surface area contributed by atoms with E-state index in [9.17, 15) is 9.90 Å². The average Bonchev–Trinajstić information content (AvgIpc) is 3.48. The monoisotopic (exact) mass is 656 g/mol. The molecule has 2 fully saturated rings. The first kappa shape index (κ1) is 30.7. The van der Waals surface area contributed by atoms with Crippen LogP contribution in [0.5, 0.6) is 5.75 Å². The molecule has 2 aliphatic rings. The smallest absolute Gasteiger partial charge is 0.227 e. The van der Waals surface area contributed by atoms with Gasteiger partial charge >= 0.3 is 0 Å². The Morgan fingerprint density at radius 3 is 2.59 bits per heavy atom. The molecule has 1 aliphatic heterocycles. The minimum Gasteiger partial charge on any atom is -0.485 e. The lowest BCUT2D eigenvalue weighted by Gasteiger charge is -2.27. The van der Waals surface area contributed by atoms with Crippen LogP contribution in [0.25, 0.3) is 0 Å². The molecular weight excluding hydrogens is 626 g/mol. The Hall–Kier alpha value is -1.78. The summed E-state index contributed by atoms with van der Waals surface area (Å²) in [4.78, 5) is 23.4. The molecule has 1 saturated heterocycles. The lowest BCUT2D eigenvalue weighted by Crippen LogP contribution is -2.41. The molecule has 41 heavy (non-hydrogen) atoms. The van der Waals surface area contributed by atoms with Crippen LogP contribution in [0.4, 0.5) is 5.13 Å². The lowest BCUT2D eigenvalue weighted by molar-refractivity contribution is -0.136. The van der Waals surface area contributed by atoms with Gasteiger partial charge in [-0.25, -0.2) is 4.98 Å². The maximum Gasteiger partial charge on any atom is 0.227 e. The summed E-state index contributed by atoms with van der Waals surface area (Å²) in [5.74, 6) is 0.101. The third-order valence-electron chi connectivity index (χ3n) is 7.47. The SMILES string of the molecule is CC(O)c1cc(Cl)c(O[C@@H]2CCN(c3ncc(C[C@H](CN)C(=O)N(Cc4cccc(Cl)c4Cl)C4CC4)s3)C2)c(Cl)c1. The fraction of sp³-hybridized carbons (Fsp3) is 0.448. The van der Waals surface area contributed by atoms with E-state index >= 15 is 0 Å². The van der Waals surface area contributed by atoms with Crippen molar-refractivity contribution in [2.24, 2.45) is 11.7 Å². The number of halogens is 4. The molecule has 0 bridgehead atoms. The second-order valence-corrected chi connectivity index (χ2v) is 13.3. The van der Waals surface area contributed by atoms with Crippen molar-refractivity contribution in [1.82, 2.24) is 9.88 Å². The van der Waals surface area contributed by atoms with Crippen LogP contribution in [0.1, 0.15) is 48.3 Å². The molecule has 1 amide bonds. The van der Waals surface area contributed by atoms with Gasteiger partial charge in [-0.2, -0.15) is 0 Å². The zero-order valence-corrected chi connectivity index (χ0v) is 26.4. The van der Waals surface area contributed by atoms with Gasteiger partial charge in [0.15, 0.2) is 10.9 Å². The van der Waals surface area contributed by atoms with E-state index in [1.54, 1.807) is 36.5 Å². The summed E-state index contributed by atoms with van der Waals surface area (Å²) in [5, 5.41) is 12.4. The number of benzene rings is 2. The van der Waals surface area contributed by atoms with Crippen molar-refractivity contribution >= 4 is 68.8 Å². The maximum absolute atomic E-state index is 13.6. The fourth-order valence-corrected chi connectivity index (χ4v) is 7.01. The quantitative estimate of drug-likeness (QED) is 0.236. The van der Waals surface area contributed by atoms with Gasteiger partial charge in [0.1, 0.15) is 6.10 Å². The molecule has 1 aromatic heterocycles. The number of hydrogen-bond donors (Lipinski definition) is 2. The molecule has 1 saturated carbocycles. The number of hydrogen-bond acceptors (Lipinski definition) is 7. The highest BCUT2D eigenvalue weighted by molar-refractivity contribution is 7.15. The van der Waals surface area contributed by atoms with Gasteiger partial charge in [-0.15, -0.1) is 11.3 Å². The van der Waals surface area contributed by atoms with Gasteiger partial charge in [0.05, 0.1) is 38.7 Å². The number of ether oxygens (including phenoxy) is 1. The normalized spacial score (nSPS) is 18.4. The number of anilines is 1. The van der Waals surface area contributed by atoms with E-state index in [4.69, 9.17) is 56.9 Å². The summed E-state index contributed by atoms with van der Waals surface area (Å²) in [6, 6.07) is 9.06. The first-order valence-electron chi connectivity index (χ1n) is 13.6. The summed E-state index contributed by atoms with van der Waals surface area (Å²) >= 11 is 27.0. The number of nitrogens with two attached hydrogens (primary N) is 1. The van der Waals surface area contributed by atoms with Crippen molar-refractivity contribution in [3.8, 4) is 5.75 Å². The number of aliphatic hydroxyl groups excluding tert-OH is 1. The van der Waals surface area contributed by atoms with E-state index in [-0.39, 0.29) is 30.5 Å². The molecule has 220 valence electrons. The van der Waals surface area contributed by atoms with Gasteiger partial charge in [0.2, 0.25) is 5.91 Å². The predicted molar refractivity (Wildman–Crippen MR) is 167 cm³/mol. The number of aliphatic hydroxyl groups is 1. The van der Waals surface area contributed by atoms with Crippen molar-refractivity contribution < 1.29 is 14.6 Å². The number of aromatic nitrogens is 1. The molecule has 3 atom stereocenters. The van der Waals surface area contributed by atoms with E-state index in [0.717, 1.165) is 41.4 Å². The molecular formula is C29H32Cl4N4O3S. The Morgan fingerprint density at radius 2 is 1.93 bits per heavy atom. The van der Waals surface area contributed by atoms with Crippen molar-refractivity contribution in [2.45, 2.75) is 57.4 Å². The third kappa shape index (κ3) is 7.24. The summed E-state index contributed by atoms with van der Waals surface area (Å²) in [6.45, 7) is 3.72. The predicted octanol–water partition coefficient (Wildman–Crippen LogP) is 6.78. The van der Waals surface area contributed by atoms with Gasteiger partial charge in [0, 0.05) is 43.2 Å². The molecule has 5 rings (SSSR count). The number of rotatable bonds is 11. The number of nitrogens with zero attached hydrogens (tertiary/aromatic N) is 3. The van der Waals surface area contributed by atoms with Gasteiger partial charge in [0.25, 0.3) is 0 Å².